The average Bonchev–Trinajstić information content (AvgIpc) is 2.70. The van der Waals surface area contributed by atoms with Crippen LogP contribution in [0, 0.1) is 0 Å². The van der Waals surface area contributed by atoms with Gasteiger partial charge in [0.05, 0.1) is 6.54 Å². The Balaban J connectivity index is 2.23. The monoisotopic (exact) mass is 196 g/mol. The first kappa shape index (κ1) is 8.33. The van der Waals surface area contributed by atoms with E-state index in [2.05, 4.69) is 19.9 Å². The Labute approximate surface area is 79.0 Å². The number of rotatable bonds is 3. The van der Waals surface area contributed by atoms with E-state index in [1.165, 1.54) is 11.5 Å². The summed E-state index contributed by atoms with van der Waals surface area (Å²) in [6.07, 6.45) is 1.71. The second-order valence-electron chi connectivity index (χ2n) is 2.41. The maximum Gasteiger partial charge on any atom is 0.259 e. The van der Waals surface area contributed by atoms with Crippen LogP contribution in [0.3, 0.4) is 0 Å². The van der Waals surface area contributed by atoms with Crippen molar-refractivity contribution in [2.45, 2.75) is 6.54 Å². The maximum absolute atomic E-state index is 5.35. The van der Waals surface area contributed by atoms with Gasteiger partial charge in [-0.3, -0.25) is 0 Å². The molecule has 13 heavy (non-hydrogen) atoms. The highest BCUT2D eigenvalue weighted by molar-refractivity contribution is 7.09. The van der Waals surface area contributed by atoms with Gasteiger partial charge in [-0.2, -0.15) is 0 Å². The minimum absolute atomic E-state index is 0.535. The molecule has 5 nitrogen and oxygen atoms in total. The molecular formula is C7H8N4OS. The lowest BCUT2D eigenvalue weighted by atomic mass is 10.5. The number of nitrogens with zero attached hydrogens (tertiary/aromatic N) is 3. The van der Waals surface area contributed by atoms with E-state index < -0.39 is 0 Å². The zero-order chi connectivity index (χ0) is 9.10. The highest BCUT2D eigenvalue weighted by Gasteiger charge is 2.08. The van der Waals surface area contributed by atoms with E-state index in [0.29, 0.717) is 18.3 Å². The lowest BCUT2D eigenvalue weighted by molar-refractivity contribution is 0.491. The number of hydrogen-bond acceptors (Lipinski definition) is 6. The van der Waals surface area contributed by atoms with E-state index in [-0.39, 0.29) is 0 Å². The van der Waals surface area contributed by atoms with Gasteiger partial charge in [0.2, 0.25) is 5.89 Å². The Morgan fingerprint density at radius 1 is 1.54 bits per heavy atom. The van der Waals surface area contributed by atoms with Crippen LogP contribution in [0.1, 0.15) is 5.89 Å². The second kappa shape index (κ2) is 3.63. The van der Waals surface area contributed by atoms with Gasteiger partial charge in [-0.25, -0.2) is 4.37 Å². The van der Waals surface area contributed by atoms with Crippen molar-refractivity contribution >= 4 is 11.5 Å². The summed E-state index contributed by atoms with van der Waals surface area (Å²) >= 11 is 1.34. The van der Waals surface area contributed by atoms with Gasteiger partial charge < -0.3 is 9.73 Å². The molecule has 0 atom stereocenters. The molecule has 6 heteroatoms. The van der Waals surface area contributed by atoms with E-state index in [1.54, 1.807) is 6.20 Å². The van der Waals surface area contributed by atoms with E-state index in [9.17, 15) is 0 Å². The predicted molar refractivity (Wildman–Crippen MR) is 48.2 cm³/mol. The van der Waals surface area contributed by atoms with Gasteiger partial charge in [0.15, 0.2) is 0 Å². The van der Waals surface area contributed by atoms with Crippen LogP contribution in [0.5, 0.6) is 0 Å². The molecular weight excluding hydrogens is 188 g/mol. The molecule has 0 unspecified atom stereocenters. The maximum atomic E-state index is 5.35. The molecule has 0 spiro atoms. The van der Waals surface area contributed by atoms with Crippen LogP contribution < -0.4 is 5.32 Å². The van der Waals surface area contributed by atoms with Crippen molar-refractivity contribution in [2.24, 2.45) is 0 Å². The fourth-order valence-electron chi connectivity index (χ4n) is 0.902. The Hall–Kier alpha value is -1.27. The van der Waals surface area contributed by atoms with Gasteiger partial charge in [-0.05, 0) is 24.6 Å². The SMILES string of the molecule is CNCc1nnc(-c2ccns2)o1. The Morgan fingerprint density at radius 2 is 2.46 bits per heavy atom. The zero-order valence-corrected chi connectivity index (χ0v) is 7.84. The molecule has 1 N–H and O–H groups in total. The quantitative estimate of drug-likeness (QED) is 0.790. The summed E-state index contributed by atoms with van der Waals surface area (Å²) in [7, 11) is 1.83. The average molecular weight is 196 g/mol. The van der Waals surface area contributed by atoms with Crippen LogP contribution in [0.2, 0.25) is 0 Å². The molecule has 0 aromatic carbocycles. The van der Waals surface area contributed by atoms with Crippen LogP contribution >= 0.6 is 11.5 Å². The number of hydrogen-bond donors (Lipinski definition) is 1. The zero-order valence-electron chi connectivity index (χ0n) is 7.02. The Kier molecular flexibility index (Phi) is 2.33. The van der Waals surface area contributed by atoms with Crippen LogP contribution in [0.4, 0.5) is 0 Å². The third-order valence-corrected chi connectivity index (χ3v) is 2.18. The largest absolute Gasteiger partial charge is 0.418 e. The molecule has 2 rings (SSSR count). The van der Waals surface area contributed by atoms with Crippen LogP contribution in [0.25, 0.3) is 10.8 Å². The molecule has 2 heterocycles. The lowest BCUT2D eigenvalue weighted by Gasteiger charge is -1.88. The van der Waals surface area contributed by atoms with Crippen molar-refractivity contribution in [3.63, 3.8) is 0 Å². The predicted octanol–water partition coefficient (Wildman–Crippen LogP) is 0.913. The minimum Gasteiger partial charge on any atom is -0.418 e. The lowest BCUT2D eigenvalue weighted by Crippen LogP contribution is -2.04. The Bertz CT molecular complexity index is 370. The molecule has 0 saturated carbocycles. The van der Waals surface area contributed by atoms with Crippen LogP contribution in [-0.4, -0.2) is 21.6 Å². The first-order valence-corrected chi connectivity index (χ1v) is 4.55. The van der Waals surface area contributed by atoms with Gasteiger partial charge in [0.1, 0.15) is 4.88 Å². The third-order valence-electron chi connectivity index (χ3n) is 1.44. The van der Waals surface area contributed by atoms with E-state index in [0.717, 1.165) is 4.88 Å². The van der Waals surface area contributed by atoms with Gasteiger partial charge in [0, 0.05) is 6.20 Å². The van der Waals surface area contributed by atoms with Crippen molar-refractivity contribution in [3.05, 3.63) is 18.2 Å². The molecule has 0 aliphatic carbocycles. The smallest absolute Gasteiger partial charge is 0.259 e. The summed E-state index contributed by atoms with van der Waals surface area (Å²) in [5.41, 5.74) is 0. The highest BCUT2D eigenvalue weighted by atomic mass is 32.1. The fourth-order valence-corrected chi connectivity index (χ4v) is 1.42. The van der Waals surface area contributed by atoms with Gasteiger partial charge in [0.25, 0.3) is 5.89 Å². The molecule has 0 fully saturated rings. The van der Waals surface area contributed by atoms with E-state index in [4.69, 9.17) is 4.42 Å². The van der Waals surface area contributed by atoms with Crippen molar-refractivity contribution < 1.29 is 4.42 Å². The normalized spacial score (nSPS) is 10.5. The van der Waals surface area contributed by atoms with Crippen LogP contribution in [0.15, 0.2) is 16.7 Å². The molecule has 0 saturated heterocycles. The summed E-state index contributed by atoms with van der Waals surface area (Å²) in [4.78, 5) is 0.898. The number of aromatic nitrogens is 3. The molecule has 0 aliphatic heterocycles. The van der Waals surface area contributed by atoms with Crippen molar-refractivity contribution in [1.29, 1.82) is 0 Å². The summed E-state index contributed by atoms with van der Waals surface area (Å²) in [5, 5.41) is 10.7. The molecule has 0 aliphatic rings. The second-order valence-corrected chi connectivity index (χ2v) is 3.24. The molecule has 0 amide bonds. The standard InChI is InChI=1S/C7H8N4OS/c1-8-4-6-10-11-7(12-6)5-2-3-9-13-5/h2-3,8H,4H2,1H3. The Morgan fingerprint density at radius 3 is 3.15 bits per heavy atom. The molecule has 2 aromatic rings. The van der Waals surface area contributed by atoms with Gasteiger partial charge in [-0.1, -0.05) is 0 Å². The van der Waals surface area contributed by atoms with Crippen molar-refractivity contribution in [2.75, 3.05) is 7.05 Å². The summed E-state index contributed by atoms with van der Waals surface area (Å²) in [6.45, 7) is 0.589. The van der Waals surface area contributed by atoms with Gasteiger partial charge in [-0.15, -0.1) is 10.2 Å². The van der Waals surface area contributed by atoms with Gasteiger partial charge >= 0.3 is 0 Å². The minimum atomic E-state index is 0.535. The fraction of sp³-hybridized carbons (Fsp3) is 0.286. The topological polar surface area (TPSA) is 63.8 Å². The third kappa shape index (κ3) is 1.73. The molecule has 68 valence electrons. The molecule has 2 aromatic heterocycles. The number of nitrogens with one attached hydrogen (secondary N) is 1. The molecule has 0 bridgehead atoms. The summed E-state index contributed by atoms with van der Waals surface area (Å²) in [5.74, 6) is 1.12. The molecule has 0 radical (unpaired) electrons. The summed E-state index contributed by atoms with van der Waals surface area (Å²) < 4.78 is 9.31. The van der Waals surface area contributed by atoms with Crippen molar-refractivity contribution in [1.82, 2.24) is 19.9 Å². The first-order chi connectivity index (χ1) is 6.40. The first-order valence-electron chi connectivity index (χ1n) is 3.78. The highest BCUT2D eigenvalue weighted by Crippen LogP contribution is 2.20. The summed E-state index contributed by atoms with van der Waals surface area (Å²) in [6, 6.07) is 1.85. The van der Waals surface area contributed by atoms with E-state index >= 15 is 0 Å². The van der Waals surface area contributed by atoms with Crippen LogP contribution in [-0.2, 0) is 6.54 Å². The van der Waals surface area contributed by atoms with E-state index in [1.807, 2.05) is 13.1 Å². The van der Waals surface area contributed by atoms with Crippen molar-refractivity contribution in [3.8, 4) is 10.8 Å².